The number of nitrogens with zero attached hydrogens (tertiary/aromatic N) is 2. The van der Waals surface area contributed by atoms with Crippen LogP contribution in [0.3, 0.4) is 0 Å². The van der Waals surface area contributed by atoms with Gasteiger partial charge >= 0.3 is 0 Å². The monoisotopic (exact) mass is 187 g/mol. The molecule has 0 saturated carbocycles. The van der Waals surface area contributed by atoms with Crippen molar-refractivity contribution in [2.45, 2.75) is 13.0 Å². The highest BCUT2D eigenvalue weighted by Crippen LogP contribution is 2.14. The summed E-state index contributed by atoms with van der Waals surface area (Å²) in [4.78, 5) is 1.12. The highest BCUT2D eigenvalue weighted by atomic mass is 32.1. The molecule has 1 atom stereocenters. The van der Waals surface area contributed by atoms with Crippen LogP contribution in [-0.2, 0) is 4.74 Å². The number of hydrogen-bond donors (Lipinski definition) is 1. The molecule has 1 heterocycles. The Hall–Kier alpha value is -0.520. The lowest BCUT2D eigenvalue weighted by Crippen LogP contribution is -2.23. The first kappa shape index (κ1) is 9.57. The zero-order chi connectivity index (χ0) is 8.81. The maximum Gasteiger partial charge on any atom is 0.0684 e. The fourth-order valence-corrected chi connectivity index (χ4v) is 1.54. The Kier molecular flexibility index (Phi) is 4.13. The highest BCUT2D eigenvalue weighted by Gasteiger charge is 2.11. The van der Waals surface area contributed by atoms with Crippen molar-refractivity contribution in [2.24, 2.45) is 0 Å². The Morgan fingerprint density at radius 3 is 3.08 bits per heavy atom. The largest absolute Gasteiger partial charge is 0.383 e. The van der Waals surface area contributed by atoms with E-state index in [0.717, 1.165) is 11.4 Å². The molecule has 68 valence electrons. The van der Waals surface area contributed by atoms with Crippen LogP contribution in [0.2, 0.25) is 0 Å². The number of methoxy groups -OCH3 is 1. The Balaban J connectivity index is 2.53. The summed E-state index contributed by atoms with van der Waals surface area (Å²) in [5.41, 5.74) is 0. The fourth-order valence-electron chi connectivity index (χ4n) is 0.983. The van der Waals surface area contributed by atoms with E-state index in [-0.39, 0.29) is 6.04 Å². The van der Waals surface area contributed by atoms with E-state index >= 15 is 0 Å². The molecule has 5 heteroatoms. The Bertz CT molecular complexity index is 196. The van der Waals surface area contributed by atoms with E-state index in [9.17, 15) is 0 Å². The first-order chi connectivity index (χ1) is 5.88. The molecule has 0 aliphatic rings. The number of hydrogen-bond acceptors (Lipinski definition) is 5. The lowest BCUT2D eigenvalue weighted by Gasteiger charge is -2.13. The predicted molar refractivity (Wildman–Crippen MR) is 48.2 cm³/mol. The molecule has 0 aromatic carbocycles. The summed E-state index contributed by atoms with van der Waals surface area (Å²) >= 11 is 1.41. The molecule has 0 saturated heterocycles. The molecular formula is C7H13N3OS. The van der Waals surface area contributed by atoms with E-state index in [1.807, 2.05) is 0 Å². The SMILES string of the molecule is CCNC(COC)c1cnns1. The molecule has 0 bridgehead atoms. The highest BCUT2D eigenvalue weighted by molar-refractivity contribution is 7.05. The molecule has 1 aromatic rings. The van der Waals surface area contributed by atoms with E-state index < -0.39 is 0 Å². The predicted octanol–water partition coefficient (Wildman–Crippen LogP) is 0.835. The average molecular weight is 187 g/mol. The first-order valence-electron chi connectivity index (χ1n) is 3.88. The first-order valence-corrected chi connectivity index (χ1v) is 4.65. The minimum absolute atomic E-state index is 0.236. The smallest absolute Gasteiger partial charge is 0.0684 e. The molecule has 0 fully saturated rings. The van der Waals surface area contributed by atoms with E-state index in [1.54, 1.807) is 13.3 Å². The minimum Gasteiger partial charge on any atom is -0.383 e. The molecule has 0 amide bonds. The zero-order valence-corrected chi connectivity index (χ0v) is 8.10. The molecule has 1 N–H and O–H groups in total. The van der Waals surface area contributed by atoms with Crippen molar-refractivity contribution >= 4 is 11.5 Å². The second-order valence-corrected chi connectivity index (χ2v) is 3.20. The number of likely N-dealkylation sites (N-methyl/N-ethyl adjacent to an activating group) is 1. The average Bonchev–Trinajstić information content (AvgIpc) is 2.56. The van der Waals surface area contributed by atoms with E-state index in [1.165, 1.54) is 11.5 Å². The van der Waals surface area contributed by atoms with Crippen LogP contribution in [-0.4, -0.2) is 29.8 Å². The summed E-state index contributed by atoms with van der Waals surface area (Å²) in [6.07, 6.45) is 1.77. The third-order valence-corrected chi connectivity index (χ3v) is 2.28. The summed E-state index contributed by atoms with van der Waals surface area (Å²) in [5, 5.41) is 7.07. The van der Waals surface area contributed by atoms with Crippen molar-refractivity contribution in [3.63, 3.8) is 0 Å². The lowest BCUT2D eigenvalue weighted by molar-refractivity contribution is 0.169. The van der Waals surface area contributed by atoms with Gasteiger partial charge in [0.1, 0.15) is 0 Å². The molecule has 12 heavy (non-hydrogen) atoms. The van der Waals surface area contributed by atoms with Crippen LogP contribution >= 0.6 is 11.5 Å². The van der Waals surface area contributed by atoms with Gasteiger partial charge in [-0.1, -0.05) is 11.4 Å². The molecule has 1 rings (SSSR count). The normalized spacial score (nSPS) is 13.2. The number of aromatic nitrogens is 2. The number of nitrogens with one attached hydrogen (secondary N) is 1. The fraction of sp³-hybridized carbons (Fsp3) is 0.714. The second-order valence-electron chi connectivity index (χ2n) is 2.39. The maximum atomic E-state index is 5.07. The van der Waals surface area contributed by atoms with Gasteiger partial charge in [-0.25, -0.2) is 0 Å². The van der Waals surface area contributed by atoms with Crippen molar-refractivity contribution in [3.05, 3.63) is 11.1 Å². The van der Waals surface area contributed by atoms with Crippen molar-refractivity contribution in [2.75, 3.05) is 20.3 Å². The van der Waals surface area contributed by atoms with Gasteiger partial charge in [0, 0.05) is 7.11 Å². The van der Waals surface area contributed by atoms with Gasteiger partial charge in [-0.15, -0.1) is 5.10 Å². The van der Waals surface area contributed by atoms with Gasteiger partial charge in [0.25, 0.3) is 0 Å². The van der Waals surface area contributed by atoms with Gasteiger partial charge in [-0.05, 0) is 18.1 Å². The molecule has 0 spiro atoms. The van der Waals surface area contributed by atoms with Crippen molar-refractivity contribution < 1.29 is 4.74 Å². The van der Waals surface area contributed by atoms with E-state index in [2.05, 4.69) is 21.8 Å². The molecular weight excluding hydrogens is 174 g/mol. The van der Waals surface area contributed by atoms with Crippen LogP contribution in [0.1, 0.15) is 17.8 Å². The molecule has 1 aromatic heterocycles. The van der Waals surface area contributed by atoms with Gasteiger partial charge in [0.15, 0.2) is 0 Å². The quantitative estimate of drug-likeness (QED) is 0.742. The van der Waals surface area contributed by atoms with Crippen LogP contribution in [0.25, 0.3) is 0 Å². The van der Waals surface area contributed by atoms with Crippen LogP contribution < -0.4 is 5.32 Å². The Morgan fingerprint density at radius 1 is 1.75 bits per heavy atom. The van der Waals surface area contributed by atoms with Gasteiger partial charge in [-0.2, -0.15) is 0 Å². The summed E-state index contributed by atoms with van der Waals surface area (Å²) in [6, 6.07) is 0.236. The standard InChI is InChI=1S/C7H13N3OS/c1-3-8-6(5-11-2)7-4-9-10-12-7/h4,6,8H,3,5H2,1-2H3. The second kappa shape index (κ2) is 5.18. The topological polar surface area (TPSA) is 47.0 Å². The lowest BCUT2D eigenvalue weighted by atomic mass is 10.3. The van der Waals surface area contributed by atoms with E-state index in [0.29, 0.717) is 6.61 Å². The van der Waals surface area contributed by atoms with Crippen LogP contribution in [0.4, 0.5) is 0 Å². The van der Waals surface area contributed by atoms with Crippen molar-refractivity contribution in [1.29, 1.82) is 0 Å². The molecule has 1 unspecified atom stereocenters. The van der Waals surface area contributed by atoms with Gasteiger partial charge in [0.05, 0.1) is 23.7 Å². The van der Waals surface area contributed by atoms with Gasteiger partial charge < -0.3 is 10.1 Å². The van der Waals surface area contributed by atoms with Crippen molar-refractivity contribution in [1.82, 2.24) is 14.9 Å². The third kappa shape index (κ3) is 2.51. The summed E-state index contributed by atoms with van der Waals surface area (Å²) < 4.78 is 8.87. The molecule has 4 nitrogen and oxygen atoms in total. The van der Waals surface area contributed by atoms with Gasteiger partial charge in [0.2, 0.25) is 0 Å². The Morgan fingerprint density at radius 2 is 2.58 bits per heavy atom. The maximum absolute atomic E-state index is 5.07. The van der Waals surface area contributed by atoms with Gasteiger partial charge in [-0.3, -0.25) is 0 Å². The molecule has 0 radical (unpaired) electrons. The number of rotatable bonds is 5. The van der Waals surface area contributed by atoms with Crippen LogP contribution in [0, 0.1) is 0 Å². The minimum atomic E-state index is 0.236. The summed E-state index contributed by atoms with van der Waals surface area (Å²) in [6.45, 7) is 3.65. The van der Waals surface area contributed by atoms with E-state index in [4.69, 9.17) is 4.74 Å². The molecule has 0 aliphatic heterocycles. The third-order valence-electron chi connectivity index (χ3n) is 1.51. The summed E-state index contributed by atoms with van der Waals surface area (Å²) in [5.74, 6) is 0. The van der Waals surface area contributed by atoms with Crippen LogP contribution in [0.5, 0.6) is 0 Å². The van der Waals surface area contributed by atoms with Crippen LogP contribution in [0.15, 0.2) is 6.20 Å². The zero-order valence-electron chi connectivity index (χ0n) is 7.28. The molecule has 0 aliphatic carbocycles. The van der Waals surface area contributed by atoms with Crippen molar-refractivity contribution in [3.8, 4) is 0 Å². The summed E-state index contributed by atoms with van der Waals surface area (Å²) in [7, 11) is 1.69. The Labute approximate surface area is 76.1 Å². The number of ether oxygens (including phenoxy) is 1.